The molecule has 1 aliphatic heterocycles. The van der Waals surface area contributed by atoms with Crippen LogP contribution >= 0.6 is 0 Å². The lowest BCUT2D eigenvalue weighted by atomic mass is 9.77. The van der Waals surface area contributed by atoms with Crippen LogP contribution in [0.2, 0.25) is 0 Å². The van der Waals surface area contributed by atoms with Crippen molar-refractivity contribution in [3.63, 3.8) is 0 Å². The Morgan fingerprint density at radius 1 is 1.29 bits per heavy atom. The van der Waals surface area contributed by atoms with Gasteiger partial charge in [0.15, 0.2) is 0 Å². The summed E-state index contributed by atoms with van der Waals surface area (Å²) in [6.07, 6.45) is 6.08. The predicted molar refractivity (Wildman–Crippen MR) is 84.1 cm³/mol. The van der Waals surface area contributed by atoms with Crippen LogP contribution in [0.25, 0.3) is 0 Å². The number of hydrogen-bond donors (Lipinski definition) is 2. The minimum atomic E-state index is -0.531. The molecule has 0 radical (unpaired) electrons. The predicted octanol–water partition coefficient (Wildman–Crippen LogP) is 1.26. The Bertz CT molecular complexity index is 355. The van der Waals surface area contributed by atoms with Crippen LogP contribution in [-0.2, 0) is 9.53 Å². The fourth-order valence-electron chi connectivity index (χ4n) is 3.96. The average molecular weight is 297 g/mol. The van der Waals surface area contributed by atoms with Crippen molar-refractivity contribution in [2.45, 2.75) is 76.0 Å². The van der Waals surface area contributed by atoms with Crippen LogP contribution in [0, 0.1) is 0 Å². The van der Waals surface area contributed by atoms with Crippen molar-refractivity contribution in [1.82, 2.24) is 10.2 Å². The largest absolute Gasteiger partial charge is 0.381 e. The molecule has 0 aromatic carbocycles. The van der Waals surface area contributed by atoms with Gasteiger partial charge in [-0.15, -0.1) is 0 Å². The Morgan fingerprint density at radius 3 is 2.52 bits per heavy atom. The van der Waals surface area contributed by atoms with E-state index in [0.29, 0.717) is 12.1 Å². The maximum Gasteiger partial charge on any atom is 0.237 e. The molecule has 2 atom stereocenters. The van der Waals surface area contributed by atoms with Crippen molar-refractivity contribution < 1.29 is 9.53 Å². The second-order valence-electron chi connectivity index (χ2n) is 7.00. The highest BCUT2D eigenvalue weighted by Crippen LogP contribution is 2.33. The van der Waals surface area contributed by atoms with E-state index in [1.807, 2.05) is 0 Å². The van der Waals surface area contributed by atoms with Gasteiger partial charge in [-0.05, 0) is 59.4 Å². The summed E-state index contributed by atoms with van der Waals surface area (Å²) >= 11 is 0. The van der Waals surface area contributed by atoms with E-state index in [-0.39, 0.29) is 11.9 Å². The summed E-state index contributed by atoms with van der Waals surface area (Å²) in [5.74, 6) is -0.193. The van der Waals surface area contributed by atoms with Gasteiger partial charge >= 0.3 is 0 Å². The Hall–Kier alpha value is -0.650. The van der Waals surface area contributed by atoms with Crippen LogP contribution in [0.3, 0.4) is 0 Å². The van der Waals surface area contributed by atoms with Gasteiger partial charge in [0.2, 0.25) is 5.91 Å². The maximum absolute atomic E-state index is 12.1. The number of amides is 1. The molecule has 0 spiro atoms. The quantitative estimate of drug-likeness (QED) is 0.802. The number of nitrogens with zero attached hydrogens (tertiary/aromatic N) is 1. The molecule has 21 heavy (non-hydrogen) atoms. The SMILES string of the molecule is CC(C)NC1(C(N)=O)CCCC(N(C)C2CCOCC2)C1. The molecule has 122 valence electrons. The van der Waals surface area contributed by atoms with E-state index in [2.05, 4.69) is 31.1 Å². The molecule has 2 fully saturated rings. The third kappa shape index (κ3) is 3.96. The van der Waals surface area contributed by atoms with E-state index in [1.54, 1.807) is 0 Å². The van der Waals surface area contributed by atoms with Crippen molar-refractivity contribution >= 4 is 5.91 Å². The van der Waals surface area contributed by atoms with E-state index in [1.165, 1.54) is 0 Å². The van der Waals surface area contributed by atoms with Gasteiger partial charge in [0, 0.05) is 31.3 Å². The number of primary amides is 1. The number of nitrogens with two attached hydrogens (primary N) is 1. The molecule has 2 rings (SSSR count). The standard InChI is InChI=1S/C16H31N3O2/c1-12(2)18-16(15(17)20)8-4-5-14(11-16)19(3)13-6-9-21-10-7-13/h12-14,18H,4-11H2,1-3H3,(H2,17,20). The molecule has 0 aromatic rings. The van der Waals surface area contributed by atoms with Crippen molar-refractivity contribution in [2.24, 2.45) is 5.73 Å². The van der Waals surface area contributed by atoms with Crippen molar-refractivity contribution in [3.05, 3.63) is 0 Å². The zero-order valence-electron chi connectivity index (χ0n) is 13.7. The van der Waals surface area contributed by atoms with Crippen LogP contribution in [-0.4, -0.2) is 54.7 Å². The summed E-state index contributed by atoms with van der Waals surface area (Å²) in [5, 5.41) is 3.46. The minimum absolute atomic E-state index is 0.193. The third-order valence-corrected chi connectivity index (χ3v) is 5.10. The Morgan fingerprint density at radius 2 is 1.95 bits per heavy atom. The molecule has 1 amide bonds. The fraction of sp³-hybridized carbons (Fsp3) is 0.938. The summed E-state index contributed by atoms with van der Waals surface area (Å²) in [7, 11) is 2.20. The highest BCUT2D eigenvalue weighted by Gasteiger charge is 2.43. The average Bonchev–Trinajstić information content (AvgIpc) is 2.47. The molecule has 5 nitrogen and oxygen atoms in total. The number of carbonyl (C=O) groups is 1. The topological polar surface area (TPSA) is 67.6 Å². The Kier molecular flexibility index (Phi) is 5.63. The number of rotatable bonds is 5. The molecular formula is C16H31N3O2. The highest BCUT2D eigenvalue weighted by molar-refractivity contribution is 5.85. The molecule has 3 N–H and O–H groups in total. The monoisotopic (exact) mass is 297 g/mol. The number of carbonyl (C=O) groups excluding carboxylic acids is 1. The summed E-state index contributed by atoms with van der Waals surface area (Å²) in [5.41, 5.74) is 5.22. The summed E-state index contributed by atoms with van der Waals surface area (Å²) < 4.78 is 5.46. The van der Waals surface area contributed by atoms with E-state index < -0.39 is 5.54 Å². The van der Waals surface area contributed by atoms with Crippen LogP contribution in [0.1, 0.15) is 52.4 Å². The number of ether oxygens (including phenoxy) is 1. The molecule has 2 aliphatic rings. The van der Waals surface area contributed by atoms with Crippen molar-refractivity contribution in [3.8, 4) is 0 Å². The number of hydrogen-bond acceptors (Lipinski definition) is 4. The van der Waals surface area contributed by atoms with E-state index in [9.17, 15) is 4.79 Å². The molecule has 1 saturated heterocycles. The summed E-state index contributed by atoms with van der Waals surface area (Å²) in [4.78, 5) is 14.6. The lowest BCUT2D eigenvalue weighted by Gasteiger charge is -2.46. The first-order chi connectivity index (χ1) is 9.94. The summed E-state index contributed by atoms with van der Waals surface area (Å²) in [6.45, 7) is 5.87. The van der Waals surface area contributed by atoms with E-state index >= 15 is 0 Å². The zero-order chi connectivity index (χ0) is 15.5. The molecule has 1 aliphatic carbocycles. The van der Waals surface area contributed by atoms with Gasteiger partial charge in [-0.25, -0.2) is 0 Å². The number of nitrogens with one attached hydrogen (secondary N) is 1. The third-order valence-electron chi connectivity index (χ3n) is 5.10. The minimum Gasteiger partial charge on any atom is -0.381 e. The van der Waals surface area contributed by atoms with Gasteiger partial charge in [-0.2, -0.15) is 0 Å². The van der Waals surface area contributed by atoms with Crippen LogP contribution in [0.5, 0.6) is 0 Å². The van der Waals surface area contributed by atoms with E-state index in [4.69, 9.17) is 10.5 Å². The fourth-order valence-corrected chi connectivity index (χ4v) is 3.96. The second kappa shape index (κ2) is 7.07. The molecule has 0 aromatic heterocycles. The van der Waals surface area contributed by atoms with E-state index in [0.717, 1.165) is 51.7 Å². The first-order valence-electron chi connectivity index (χ1n) is 8.32. The lowest BCUT2D eigenvalue weighted by molar-refractivity contribution is -0.127. The van der Waals surface area contributed by atoms with Gasteiger partial charge in [0.05, 0.1) is 5.54 Å². The maximum atomic E-state index is 12.1. The first kappa shape index (κ1) is 16.7. The molecule has 1 heterocycles. The molecule has 0 bridgehead atoms. The molecule has 1 saturated carbocycles. The zero-order valence-corrected chi connectivity index (χ0v) is 13.7. The Balaban J connectivity index is 2.05. The van der Waals surface area contributed by atoms with Crippen molar-refractivity contribution in [2.75, 3.05) is 20.3 Å². The molecular weight excluding hydrogens is 266 g/mol. The lowest BCUT2D eigenvalue weighted by Crippen LogP contribution is -2.62. The van der Waals surface area contributed by atoms with Crippen LogP contribution in [0.15, 0.2) is 0 Å². The normalized spacial score (nSPS) is 31.8. The van der Waals surface area contributed by atoms with Crippen molar-refractivity contribution in [1.29, 1.82) is 0 Å². The summed E-state index contributed by atoms with van der Waals surface area (Å²) in [6, 6.07) is 1.27. The van der Waals surface area contributed by atoms with Gasteiger partial charge in [0.1, 0.15) is 0 Å². The van der Waals surface area contributed by atoms with Gasteiger partial charge in [-0.3, -0.25) is 4.79 Å². The smallest absolute Gasteiger partial charge is 0.237 e. The van der Waals surface area contributed by atoms with Gasteiger partial charge in [-0.1, -0.05) is 0 Å². The van der Waals surface area contributed by atoms with Gasteiger partial charge < -0.3 is 20.7 Å². The van der Waals surface area contributed by atoms with Gasteiger partial charge in [0.25, 0.3) is 0 Å². The van der Waals surface area contributed by atoms with Crippen LogP contribution < -0.4 is 11.1 Å². The Labute approximate surface area is 128 Å². The second-order valence-corrected chi connectivity index (χ2v) is 7.00. The highest BCUT2D eigenvalue weighted by atomic mass is 16.5. The first-order valence-corrected chi connectivity index (χ1v) is 8.32. The molecule has 5 heteroatoms. The molecule has 2 unspecified atom stereocenters. The van der Waals surface area contributed by atoms with Crippen LogP contribution in [0.4, 0.5) is 0 Å².